The van der Waals surface area contributed by atoms with Crippen LogP contribution >= 0.6 is 0 Å². The van der Waals surface area contributed by atoms with Gasteiger partial charge in [0.25, 0.3) is 11.8 Å². The van der Waals surface area contributed by atoms with Gasteiger partial charge in [-0.2, -0.15) is 5.11 Å². The van der Waals surface area contributed by atoms with Crippen LogP contribution < -0.4 is 14.4 Å². The molecule has 0 N–H and O–H groups in total. The fourth-order valence-corrected chi connectivity index (χ4v) is 4.05. The standard InChI is InChI=1S/C24H23N5O5/c1-4-33-18-9-5-15(6-10-18)22-25-19(14(2)34-22)13-28-21-20(26-27-28)23(30)29(24(21)31)16-7-11-17(32-3)12-8-16/h5-12,20-21H,4,13H2,1-3H3/t20-,21-/m0/s1. The second-order valence-electron chi connectivity index (χ2n) is 7.88. The molecule has 10 nitrogen and oxygen atoms in total. The molecule has 1 saturated heterocycles. The quantitative estimate of drug-likeness (QED) is 0.495. The van der Waals surface area contributed by atoms with Gasteiger partial charge in [-0.1, -0.05) is 5.22 Å². The van der Waals surface area contributed by atoms with Gasteiger partial charge < -0.3 is 13.9 Å². The molecule has 3 aromatic rings. The molecule has 0 bridgehead atoms. The molecule has 2 amide bonds. The van der Waals surface area contributed by atoms with Crippen molar-refractivity contribution in [2.24, 2.45) is 10.3 Å². The summed E-state index contributed by atoms with van der Waals surface area (Å²) in [7, 11) is 1.55. The number of fused-ring (bicyclic) bond motifs is 1. The molecule has 2 aliphatic heterocycles. The first-order chi connectivity index (χ1) is 16.5. The molecule has 3 heterocycles. The van der Waals surface area contributed by atoms with Crippen LogP contribution in [0, 0.1) is 6.92 Å². The number of hydrogen-bond acceptors (Lipinski definition) is 9. The Balaban J connectivity index is 1.34. The van der Waals surface area contributed by atoms with Gasteiger partial charge in [0.05, 0.1) is 25.9 Å². The summed E-state index contributed by atoms with van der Waals surface area (Å²) >= 11 is 0. The Hall–Kier alpha value is -4.21. The summed E-state index contributed by atoms with van der Waals surface area (Å²) in [6.07, 6.45) is 0. The van der Waals surface area contributed by atoms with E-state index >= 15 is 0 Å². The number of carbonyl (C=O) groups excluding carboxylic acids is 2. The smallest absolute Gasteiger partial charge is 0.263 e. The van der Waals surface area contributed by atoms with Crippen LogP contribution in [0.3, 0.4) is 0 Å². The Morgan fingerprint density at radius 3 is 2.38 bits per heavy atom. The second-order valence-corrected chi connectivity index (χ2v) is 7.88. The normalized spacial score (nSPS) is 19.1. The van der Waals surface area contributed by atoms with Crippen molar-refractivity contribution in [3.05, 3.63) is 60.0 Å². The maximum Gasteiger partial charge on any atom is 0.263 e. The van der Waals surface area contributed by atoms with Crippen molar-refractivity contribution in [1.82, 2.24) is 9.99 Å². The maximum absolute atomic E-state index is 13.2. The number of aryl methyl sites for hydroxylation is 1. The van der Waals surface area contributed by atoms with Crippen molar-refractivity contribution in [3.63, 3.8) is 0 Å². The topological polar surface area (TPSA) is 110 Å². The van der Waals surface area contributed by atoms with E-state index in [-0.39, 0.29) is 12.5 Å². The highest BCUT2D eigenvalue weighted by atomic mass is 16.5. The number of rotatable bonds is 7. The number of amides is 2. The lowest BCUT2D eigenvalue weighted by Gasteiger charge is -2.20. The van der Waals surface area contributed by atoms with E-state index in [0.29, 0.717) is 35.4 Å². The summed E-state index contributed by atoms with van der Waals surface area (Å²) in [6.45, 7) is 4.50. The molecule has 2 atom stereocenters. The number of benzene rings is 2. The molecule has 2 aromatic carbocycles. The number of oxazole rings is 1. The molecule has 10 heteroatoms. The van der Waals surface area contributed by atoms with Crippen molar-refractivity contribution in [2.75, 3.05) is 18.6 Å². The van der Waals surface area contributed by atoms with Gasteiger partial charge >= 0.3 is 0 Å². The molecule has 0 spiro atoms. The van der Waals surface area contributed by atoms with Gasteiger partial charge in [-0.3, -0.25) is 14.6 Å². The molecular weight excluding hydrogens is 438 g/mol. The molecule has 0 radical (unpaired) electrons. The van der Waals surface area contributed by atoms with Crippen LogP contribution in [0.5, 0.6) is 11.5 Å². The number of carbonyl (C=O) groups is 2. The molecular formula is C24H23N5O5. The van der Waals surface area contributed by atoms with Gasteiger partial charge in [-0.25, -0.2) is 9.88 Å². The Kier molecular flexibility index (Phi) is 5.48. The number of ether oxygens (including phenoxy) is 2. The van der Waals surface area contributed by atoms with E-state index < -0.39 is 18.0 Å². The molecule has 1 aromatic heterocycles. The van der Waals surface area contributed by atoms with E-state index in [1.165, 1.54) is 5.01 Å². The average Bonchev–Trinajstić information content (AvgIpc) is 3.50. The third kappa shape index (κ3) is 3.66. The Bertz CT molecular complexity index is 1250. The monoisotopic (exact) mass is 461 g/mol. The van der Waals surface area contributed by atoms with Gasteiger partial charge in [0, 0.05) is 5.56 Å². The average molecular weight is 461 g/mol. The first-order valence-corrected chi connectivity index (χ1v) is 10.9. The minimum atomic E-state index is -0.882. The van der Waals surface area contributed by atoms with E-state index in [9.17, 15) is 9.59 Å². The first kappa shape index (κ1) is 21.6. The van der Waals surface area contributed by atoms with Crippen molar-refractivity contribution >= 4 is 17.5 Å². The summed E-state index contributed by atoms with van der Waals surface area (Å²) in [5, 5.41) is 9.68. The van der Waals surface area contributed by atoms with E-state index in [1.807, 2.05) is 31.2 Å². The second kappa shape index (κ2) is 8.62. The van der Waals surface area contributed by atoms with Crippen LogP contribution in [-0.2, 0) is 16.1 Å². The molecule has 0 unspecified atom stereocenters. The minimum Gasteiger partial charge on any atom is -0.497 e. The van der Waals surface area contributed by atoms with E-state index in [2.05, 4.69) is 15.3 Å². The van der Waals surface area contributed by atoms with Gasteiger partial charge in [0.2, 0.25) is 5.89 Å². The SMILES string of the molecule is CCOc1ccc(-c2nc(CN3N=N[C@@H]4C(=O)N(c5ccc(OC)cc5)C(=O)[C@H]43)c(C)o2)cc1. The molecule has 174 valence electrons. The largest absolute Gasteiger partial charge is 0.497 e. The number of imide groups is 1. The highest BCUT2D eigenvalue weighted by molar-refractivity contribution is 6.25. The lowest BCUT2D eigenvalue weighted by atomic mass is 10.1. The third-order valence-electron chi connectivity index (χ3n) is 5.81. The highest BCUT2D eigenvalue weighted by Crippen LogP contribution is 2.34. The number of nitrogens with zero attached hydrogens (tertiary/aromatic N) is 5. The van der Waals surface area contributed by atoms with E-state index in [1.54, 1.807) is 38.3 Å². The summed E-state index contributed by atoms with van der Waals surface area (Å²) in [5.74, 6) is 1.68. The zero-order valence-electron chi connectivity index (χ0n) is 19.0. The first-order valence-electron chi connectivity index (χ1n) is 10.9. The summed E-state index contributed by atoms with van der Waals surface area (Å²) < 4.78 is 16.5. The summed E-state index contributed by atoms with van der Waals surface area (Å²) in [6, 6.07) is 12.5. The molecule has 34 heavy (non-hydrogen) atoms. The highest BCUT2D eigenvalue weighted by Gasteiger charge is 2.54. The Morgan fingerprint density at radius 2 is 1.71 bits per heavy atom. The number of methoxy groups -OCH3 is 1. The third-order valence-corrected chi connectivity index (χ3v) is 5.81. The van der Waals surface area contributed by atoms with Crippen LogP contribution in [0.4, 0.5) is 5.69 Å². The van der Waals surface area contributed by atoms with Crippen molar-refractivity contribution < 1.29 is 23.5 Å². The van der Waals surface area contributed by atoms with Gasteiger partial charge in [-0.05, 0) is 62.4 Å². The number of hydrogen-bond donors (Lipinski definition) is 0. The lowest BCUT2D eigenvalue weighted by molar-refractivity contribution is -0.123. The number of anilines is 1. The summed E-state index contributed by atoms with van der Waals surface area (Å²) in [4.78, 5) is 31.9. The fraction of sp³-hybridized carbons (Fsp3) is 0.292. The fourth-order valence-electron chi connectivity index (χ4n) is 4.05. The van der Waals surface area contributed by atoms with Crippen LogP contribution in [0.2, 0.25) is 0 Å². The lowest BCUT2D eigenvalue weighted by Crippen LogP contribution is -2.39. The van der Waals surface area contributed by atoms with E-state index in [0.717, 1.165) is 16.2 Å². The van der Waals surface area contributed by atoms with Gasteiger partial charge in [-0.15, -0.1) is 0 Å². The zero-order chi connectivity index (χ0) is 23.8. The van der Waals surface area contributed by atoms with E-state index in [4.69, 9.17) is 13.9 Å². The Labute approximate surface area is 195 Å². The van der Waals surface area contributed by atoms with Gasteiger partial charge in [0.1, 0.15) is 23.0 Å². The predicted molar refractivity (Wildman–Crippen MR) is 121 cm³/mol. The molecule has 2 aliphatic rings. The minimum absolute atomic E-state index is 0.187. The predicted octanol–water partition coefficient (Wildman–Crippen LogP) is 3.55. The maximum atomic E-state index is 13.2. The van der Waals surface area contributed by atoms with Crippen molar-refractivity contribution in [3.8, 4) is 23.0 Å². The Morgan fingerprint density at radius 1 is 1.00 bits per heavy atom. The molecule has 0 saturated carbocycles. The van der Waals surface area contributed by atoms with Crippen molar-refractivity contribution in [1.29, 1.82) is 0 Å². The van der Waals surface area contributed by atoms with Crippen LogP contribution in [0.15, 0.2) is 63.3 Å². The van der Waals surface area contributed by atoms with Gasteiger partial charge in [0.15, 0.2) is 12.1 Å². The van der Waals surface area contributed by atoms with Crippen LogP contribution in [-0.4, -0.2) is 47.6 Å². The molecule has 0 aliphatic carbocycles. The number of aromatic nitrogens is 1. The zero-order valence-corrected chi connectivity index (χ0v) is 19.0. The summed E-state index contributed by atoms with van der Waals surface area (Å²) in [5.41, 5.74) is 1.89. The molecule has 1 fully saturated rings. The van der Waals surface area contributed by atoms with Crippen LogP contribution in [0.25, 0.3) is 11.5 Å². The van der Waals surface area contributed by atoms with Crippen LogP contribution in [0.1, 0.15) is 18.4 Å². The molecule has 5 rings (SSSR count). The van der Waals surface area contributed by atoms with Crippen molar-refractivity contribution in [2.45, 2.75) is 32.5 Å².